The van der Waals surface area contributed by atoms with Crippen molar-refractivity contribution in [2.24, 2.45) is 0 Å². The van der Waals surface area contributed by atoms with Gasteiger partial charge >= 0.3 is 5.97 Å². The summed E-state index contributed by atoms with van der Waals surface area (Å²) < 4.78 is 23.0. The van der Waals surface area contributed by atoms with Crippen LogP contribution in [0.2, 0.25) is 0 Å². The number of furan rings is 1. The second-order valence-corrected chi connectivity index (χ2v) is 4.76. The Hall–Kier alpha value is -2.89. The van der Waals surface area contributed by atoms with Gasteiger partial charge in [0.2, 0.25) is 0 Å². The van der Waals surface area contributed by atoms with Crippen molar-refractivity contribution in [1.82, 2.24) is 5.32 Å². The summed E-state index contributed by atoms with van der Waals surface area (Å²) in [5, 5.41) is 2.59. The van der Waals surface area contributed by atoms with E-state index in [1.807, 2.05) is 0 Å². The van der Waals surface area contributed by atoms with Crippen molar-refractivity contribution in [3.05, 3.63) is 65.9 Å². The Kier molecular flexibility index (Phi) is 5.68. The Labute approximate surface area is 132 Å². The van der Waals surface area contributed by atoms with Crippen LogP contribution in [0.3, 0.4) is 0 Å². The number of carbonyl (C=O) groups excluding carboxylic acids is 2. The van der Waals surface area contributed by atoms with Gasteiger partial charge in [-0.05, 0) is 42.8 Å². The summed E-state index contributed by atoms with van der Waals surface area (Å²) in [4.78, 5) is 23.4. The van der Waals surface area contributed by atoms with Gasteiger partial charge in [-0.25, -0.2) is 9.18 Å². The van der Waals surface area contributed by atoms with Gasteiger partial charge in [0.15, 0.2) is 6.10 Å². The number of hydrogen-bond acceptors (Lipinski definition) is 4. The first kappa shape index (κ1) is 16.5. The van der Waals surface area contributed by atoms with Crippen molar-refractivity contribution < 1.29 is 23.1 Å². The molecule has 0 saturated heterocycles. The molecule has 1 heterocycles. The normalized spacial score (nSPS) is 12.1. The first-order chi connectivity index (χ1) is 11.0. The van der Waals surface area contributed by atoms with Crippen LogP contribution < -0.4 is 5.32 Å². The molecule has 1 aromatic carbocycles. The van der Waals surface area contributed by atoms with Crippen molar-refractivity contribution in [1.29, 1.82) is 0 Å². The Morgan fingerprint density at radius 2 is 2.17 bits per heavy atom. The van der Waals surface area contributed by atoms with E-state index in [0.717, 1.165) is 6.08 Å². The van der Waals surface area contributed by atoms with Gasteiger partial charge in [0, 0.05) is 6.08 Å². The highest BCUT2D eigenvalue weighted by Gasteiger charge is 2.16. The summed E-state index contributed by atoms with van der Waals surface area (Å²) in [5.74, 6) is -0.919. The fourth-order valence-electron chi connectivity index (χ4n) is 1.77. The lowest BCUT2D eigenvalue weighted by molar-refractivity contribution is -0.150. The highest BCUT2D eigenvalue weighted by Crippen LogP contribution is 2.06. The van der Waals surface area contributed by atoms with Crippen LogP contribution in [0, 0.1) is 5.82 Å². The maximum absolute atomic E-state index is 13.0. The number of halogens is 1. The van der Waals surface area contributed by atoms with Crippen molar-refractivity contribution >= 4 is 18.0 Å². The molecule has 6 heteroatoms. The van der Waals surface area contributed by atoms with Gasteiger partial charge in [0.05, 0.1) is 12.8 Å². The molecule has 1 aromatic heterocycles. The zero-order chi connectivity index (χ0) is 16.7. The van der Waals surface area contributed by atoms with E-state index in [9.17, 15) is 14.0 Å². The molecule has 0 radical (unpaired) electrons. The predicted molar refractivity (Wildman–Crippen MR) is 81.5 cm³/mol. The largest absolute Gasteiger partial charge is 0.467 e. The molecule has 1 amide bonds. The van der Waals surface area contributed by atoms with Crippen LogP contribution in [0.25, 0.3) is 6.08 Å². The monoisotopic (exact) mass is 317 g/mol. The number of benzene rings is 1. The summed E-state index contributed by atoms with van der Waals surface area (Å²) in [6.45, 7) is 1.68. The smallest absolute Gasteiger partial charge is 0.331 e. The first-order valence-corrected chi connectivity index (χ1v) is 6.99. The molecule has 120 valence electrons. The van der Waals surface area contributed by atoms with Gasteiger partial charge in [-0.15, -0.1) is 0 Å². The molecule has 0 unspecified atom stereocenters. The second-order valence-electron chi connectivity index (χ2n) is 4.76. The third-order valence-corrected chi connectivity index (χ3v) is 2.94. The van der Waals surface area contributed by atoms with E-state index < -0.39 is 23.8 Å². The third kappa shape index (κ3) is 5.43. The molecule has 0 fully saturated rings. The summed E-state index contributed by atoms with van der Waals surface area (Å²) in [6.07, 6.45) is 3.11. The van der Waals surface area contributed by atoms with Gasteiger partial charge in [0.1, 0.15) is 11.6 Å². The Morgan fingerprint density at radius 3 is 2.87 bits per heavy atom. The molecule has 0 aliphatic carbocycles. The number of amides is 1. The lowest BCUT2D eigenvalue weighted by Crippen LogP contribution is -2.35. The number of carbonyl (C=O) groups is 2. The van der Waals surface area contributed by atoms with E-state index in [0.29, 0.717) is 11.3 Å². The number of ether oxygens (including phenoxy) is 1. The number of hydrogen-bond donors (Lipinski definition) is 1. The average molecular weight is 317 g/mol. The molecule has 0 aliphatic heterocycles. The molecule has 0 aliphatic rings. The molecule has 2 rings (SSSR count). The van der Waals surface area contributed by atoms with Crippen molar-refractivity contribution in [3.63, 3.8) is 0 Å². The molecule has 0 bridgehead atoms. The molecule has 1 N–H and O–H groups in total. The number of esters is 1. The van der Waals surface area contributed by atoms with Crippen LogP contribution in [0.4, 0.5) is 4.39 Å². The van der Waals surface area contributed by atoms with E-state index in [1.165, 1.54) is 37.5 Å². The van der Waals surface area contributed by atoms with Gasteiger partial charge in [-0.1, -0.05) is 12.1 Å². The topological polar surface area (TPSA) is 68.5 Å². The van der Waals surface area contributed by atoms with E-state index >= 15 is 0 Å². The van der Waals surface area contributed by atoms with E-state index in [2.05, 4.69) is 5.32 Å². The van der Waals surface area contributed by atoms with Crippen LogP contribution in [-0.2, 0) is 20.9 Å². The Balaban J connectivity index is 1.80. The van der Waals surface area contributed by atoms with E-state index in [1.54, 1.807) is 18.2 Å². The molecular weight excluding hydrogens is 301 g/mol. The summed E-state index contributed by atoms with van der Waals surface area (Å²) >= 11 is 0. The Morgan fingerprint density at radius 1 is 1.35 bits per heavy atom. The van der Waals surface area contributed by atoms with Crippen molar-refractivity contribution in [3.8, 4) is 0 Å². The zero-order valence-electron chi connectivity index (χ0n) is 12.5. The van der Waals surface area contributed by atoms with Gasteiger partial charge in [-0.3, -0.25) is 4.79 Å². The molecule has 1 atom stereocenters. The fourth-order valence-corrected chi connectivity index (χ4v) is 1.77. The summed E-state index contributed by atoms with van der Waals surface area (Å²) in [5.41, 5.74) is 0.525. The van der Waals surface area contributed by atoms with Crippen LogP contribution in [0.1, 0.15) is 18.2 Å². The lowest BCUT2D eigenvalue weighted by Gasteiger charge is -2.11. The van der Waals surface area contributed by atoms with Crippen LogP contribution in [0.15, 0.2) is 53.2 Å². The highest BCUT2D eigenvalue weighted by atomic mass is 19.1. The first-order valence-electron chi connectivity index (χ1n) is 6.99. The van der Waals surface area contributed by atoms with Crippen LogP contribution in [0.5, 0.6) is 0 Å². The van der Waals surface area contributed by atoms with E-state index in [4.69, 9.17) is 9.15 Å². The van der Waals surface area contributed by atoms with Crippen molar-refractivity contribution in [2.45, 2.75) is 19.6 Å². The van der Waals surface area contributed by atoms with Crippen LogP contribution in [-0.4, -0.2) is 18.0 Å². The molecule has 0 saturated carbocycles. The fraction of sp³-hybridized carbons (Fsp3) is 0.176. The summed E-state index contributed by atoms with van der Waals surface area (Å²) in [6, 6.07) is 9.20. The average Bonchev–Trinajstić information content (AvgIpc) is 3.04. The molecule has 5 nitrogen and oxygen atoms in total. The molecule has 23 heavy (non-hydrogen) atoms. The lowest BCUT2D eigenvalue weighted by atomic mass is 10.2. The van der Waals surface area contributed by atoms with Crippen molar-refractivity contribution in [2.75, 3.05) is 0 Å². The van der Waals surface area contributed by atoms with Gasteiger partial charge in [-0.2, -0.15) is 0 Å². The molecular formula is C17H16FNO4. The number of rotatable bonds is 6. The number of nitrogens with one attached hydrogen (secondary N) is 1. The minimum Gasteiger partial charge on any atom is -0.467 e. The van der Waals surface area contributed by atoms with E-state index in [-0.39, 0.29) is 6.54 Å². The quantitative estimate of drug-likeness (QED) is 0.657. The minimum absolute atomic E-state index is 0.215. The minimum atomic E-state index is -0.949. The molecule has 2 aromatic rings. The second kappa shape index (κ2) is 7.93. The maximum atomic E-state index is 13.0. The van der Waals surface area contributed by atoms with Crippen LogP contribution >= 0.6 is 0 Å². The SMILES string of the molecule is C[C@H](OC(=O)/C=C/c1cccc(F)c1)C(=O)NCc1ccco1. The van der Waals surface area contributed by atoms with Gasteiger partial charge < -0.3 is 14.5 Å². The standard InChI is InChI=1S/C17H16FNO4/c1-12(17(21)19-11-15-6-3-9-22-15)23-16(20)8-7-13-4-2-5-14(18)10-13/h2-10,12H,11H2,1H3,(H,19,21)/b8-7+/t12-/m0/s1. The maximum Gasteiger partial charge on any atom is 0.331 e. The Bertz CT molecular complexity index is 694. The predicted octanol–water partition coefficient (Wildman–Crippen LogP) is 2.68. The van der Waals surface area contributed by atoms with Gasteiger partial charge in [0.25, 0.3) is 5.91 Å². The molecule has 0 spiro atoms. The highest BCUT2D eigenvalue weighted by molar-refractivity contribution is 5.90. The third-order valence-electron chi connectivity index (χ3n) is 2.94. The zero-order valence-corrected chi connectivity index (χ0v) is 12.5. The summed E-state index contributed by atoms with van der Waals surface area (Å²) in [7, 11) is 0.